The number of hydrogen-bond donors (Lipinski definition) is 1. The van der Waals surface area contributed by atoms with Gasteiger partial charge in [0.25, 0.3) is 0 Å². The van der Waals surface area contributed by atoms with Crippen molar-refractivity contribution in [3.8, 4) is 11.3 Å². The van der Waals surface area contributed by atoms with Crippen LogP contribution in [0, 0.1) is 12.7 Å². The molecular weight excluding hydrogens is 259 g/mol. The van der Waals surface area contributed by atoms with Crippen LogP contribution in [0.1, 0.15) is 15.9 Å². The highest BCUT2D eigenvalue weighted by Crippen LogP contribution is 2.29. The first-order valence-electron chi connectivity index (χ1n) is 6.08. The second-order valence-electron chi connectivity index (χ2n) is 4.65. The molecule has 0 radical (unpaired) electrons. The fraction of sp³-hybridized carbons (Fsp3) is 0.0625. The van der Waals surface area contributed by atoms with Gasteiger partial charge in [0, 0.05) is 10.9 Å². The summed E-state index contributed by atoms with van der Waals surface area (Å²) in [6, 6.07) is 11.5. The fourth-order valence-electron chi connectivity index (χ4n) is 2.15. The van der Waals surface area contributed by atoms with Crippen molar-refractivity contribution in [3.63, 3.8) is 0 Å². The van der Waals surface area contributed by atoms with E-state index in [0.717, 1.165) is 10.9 Å². The van der Waals surface area contributed by atoms with Gasteiger partial charge in [0.1, 0.15) is 17.2 Å². The van der Waals surface area contributed by atoms with Crippen molar-refractivity contribution in [1.82, 2.24) is 0 Å². The predicted octanol–water partition coefficient (Wildman–Crippen LogP) is 4.25. The molecule has 1 N–H and O–H groups in total. The molecule has 0 saturated heterocycles. The molecule has 0 amide bonds. The van der Waals surface area contributed by atoms with Gasteiger partial charge in [-0.25, -0.2) is 9.18 Å². The number of benzene rings is 2. The van der Waals surface area contributed by atoms with Crippen molar-refractivity contribution >= 4 is 16.9 Å². The lowest BCUT2D eigenvalue weighted by atomic mass is 10.1. The lowest BCUT2D eigenvalue weighted by Crippen LogP contribution is -1.99. The third kappa shape index (κ3) is 2.05. The summed E-state index contributed by atoms with van der Waals surface area (Å²) in [6.07, 6.45) is 0. The zero-order valence-corrected chi connectivity index (χ0v) is 10.7. The number of carbonyl (C=O) groups is 1. The summed E-state index contributed by atoms with van der Waals surface area (Å²) >= 11 is 0. The van der Waals surface area contributed by atoms with Crippen LogP contribution in [0.4, 0.5) is 4.39 Å². The molecule has 0 atom stereocenters. The van der Waals surface area contributed by atoms with E-state index >= 15 is 0 Å². The van der Waals surface area contributed by atoms with Gasteiger partial charge in [-0.15, -0.1) is 0 Å². The van der Waals surface area contributed by atoms with Crippen LogP contribution in [-0.4, -0.2) is 11.1 Å². The summed E-state index contributed by atoms with van der Waals surface area (Å²) in [6.45, 7) is 1.98. The molecular formula is C16H11FO3. The van der Waals surface area contributed by atoms with E-state index in [-0.39, 0.29) is 5.56 Å². The van der Waals surface area contributed by atoms with Gasteiger partial charge in [-0.3, -0.25) is 0 Å². The van der Waals surface area contributed by atoms with E-state index in [0.29, 0.717) is 16.9 Å². The Morgan fingerprint density at radius 2 is 1.95 bits per heavy atom. The van der Waals surface area contributed by atoms with Crippen molar-refractivity contribution in [2.75, 3.05) is 0 Å². The van der Waals surface area contributed by atoms with E-state index in [4.69, 9.17) is 9.52 Å². The highest BCUT2D eigenvalue weighted by molar-refractivity contribution is 5.89. The smallest absolute Gasteiger partial charge is 0.338 e. The number of hydrogen-bond acceptors (Lipinski definition) is 2. The number of carboxylic acid groups (broad SMARTS) is 1. The van der Waals surface area contributed by atoms with Crippen LogP contribution in [-0.2, 0) is 0 Å². The number of carboxylic acids is 1. The summed E-state index contributed by atoms with van der Waals surface area (Å²) < 4.78 is 19.3. The number of furan rings is 1. The first kappa shape index (κ1) is 12.4. The maximum Gasteiger partial charge on any atom is 0.338 e. The summed E-state index contributed by atoms with van der Waals surface area (Å²) in [5, 5.41) is 9.74. The lowest BCUT2D eigenvalue weighted by molar-refractivity contribution is 0.0692. The third-order valence-electron chi connectivity index (χ3n) is 3.16. The Morgan fingerprint density at radius 3 is 2.65 bits per heavy atom. The standard InChI is InChI=1S/C16H11FO3/c1-9-2-5-14-11(6-9)8-15(20-14)10-3-4-12(16(18)19)13(17)7-10/h2-8H,1H3,(H,18,19). The second kappa shape index (κ2) is 4.49. The highest BCUT2D eigenvalue weighted by atomic mass is 19.1. The van der Waals surface area contributed by atoms with Crippen LogP contribution in [0.2, 0.25) is 0 Å². The largest absolute Gasteiger partial charge is 0.478 e. The first-order valence-corrected chi connectivity index (χ1v) is 6.08. The van der Waals surface area contributed by atoms with Crippen molar-refractivity contribution in [3.05, 3.63) is 59.4 Å². The minimum absolute atomic E-state index is 0.347. The van der Waals surface area contributed by atoms with Crippen molar-refractivity contribution in [2.24, 2.45) is 0 Å². The number of fused-ring (bicyclic) bond motifs is 1. The molecule has 4 heteroatoms. The van der Waals surface area contributed by atoms with Gasteiger partial charge in [-0.05, 0) is 37.3 Å². The SMILES string of the molecule is Cc1ccc2oc(-c3ccc(C(=O)O)c(F)c3)cc2c1. The first-order chi connectivity index (χ1) is 9.54. The molecule has 3 nitrogen and oxygen atoms in total. The number of rotatable bonds is 2. The molecule has 0 aliphatic carbocycles. The van der Waals surface area contributed by atoms with E-state index in [1.807, 2.05) is 31.2 Å². The van der Waals surface area contributed by atoms with Gasteiger partial charge < -0.3 is 9.52 Å². The maximum absolute atomic E-state index is 13.7. The van der Waals surface area contributed by atoms with Crippen LogP contribution in [0.5, 0.6) is 0 Å². The molecule has 3 aromatic rings. The lowest BCUT2D eigenvalue weighted by Gasteiger charge is -2.00. The van der Waals surface area contributed by atoms with Crippen LogP contribution in [0.15, 0.2) is 46.9 Å². The number of aromatic carboxylic acids is 1. The van der Waals surface area contributed by atoms with E-state index < -0.39 is 11.8 Å². The monoisotopic (exact) mass is 270 g/mol. The predicted molar refractivity (Wildman–Crippen MR) is 73.3 cm³/mol. The molecule has 2 aromatic carbocycles. The van der Waals surface area contributed by atoms with E-state index in [2.05, 4.69) is 0 Å². The van der Waals surface area contributed by atoms with E-state index in [1.165, 1.54) is 18.2 Å². The minimum Gasteiger partial charge on any atom is -0.478 e. The van der Waals surface area contributed by atoms with Gasteiger partial charge in [0.15, 0.2) is 0 Å². The molecule has 3 rings (SSSR count). The molecule has 0 unspecified atom stereocenters. The molecule has 0 bridgehead atoms. The molecule has 0 aliphatic rings. The molecule has 100 valence electrons. The minimum atomic E-state index is -1.28. The Morgan fingerprint density at radius 1 is 1.15 bits per heavy atom. The van der Waals surface area contributed by atoms with Gasteiger partial charge in [-0.1, -0.05) is 17.7 Å². The summed E-state index contributed by atoms with van der Waals surface area (Å²) in [4.78, 5) is 10.8. The normalized spacial score (nSPS) is 10.9. The Labute approximate surface area is 114 Å². The highest BCUT2D eigenvalue weighted by Gasteiger charge is 2.13. The van der Waals surface area contributed by atoms with Crippen LogP contribution in [0.25, 0.3) is 22.3 Å². The van der Waals surface area contributed by atoms with E-state index in [1.54, 1.807) is 0 Å². The van der Waals surface area contributed by atoms with Crippen molar-refractivity contribution in [2.45, 2.75) is 6.92 Å². The average Bonchev–Trinajstić information content (AvgIpc) is 2.81. The van der Waals surface area contributed by atoms with E-state index in [9.17, 15) is 9.18 Å². The Hall–Kier alpha value is -2.62. The second-order valence-corrected chi connectivity index (χ2v) is 4.65. The van der Waals surface area contributed by atoms with Gasteiger partial charge in [0.05, 0.1) is 5.56 Å². The summed E-state index contributed by atoms with van der Waals surface area (Å²) in [5.74, 6) is -1.54. The number of halogens is 1. The van der Waals surface area contributed by atoms with Gasteiger partial charge in [0.2, 0.25) is 0 Å². The molecule has 0 fully saturated rings. The Balaban J connectivity index is 2.11. The molecule has 1 heterocycles. The third-order valence-corrected chi connectivity index (χ3v) is 3.16. The zero-order chi connectivity index (χ0) is 14.3. The van der Waals surface area contributed by atoms with Gasteiger partial charge in [-0.2, -0.15) is 0 Å². The molecule has 1 aromatic heterocycles. The topological polar surface area (TPSA) is 50.4 Å². The van der Waals surface area contributed by atoms with Crippen molar-refractivity contribution in [1.29, 1.82) is 0 Å². The molecule has 20 heavy (non-hydrogen) atoms. The summed E-state index contributed by atoms with van der Waals surface area (Å²) in [5.41, 5.74) is 1.99. The summed E-state index contributed by atoms with van der Waals surface area (Å²) in [7, 11) is 0. The molecule has 0 saturated carbocycles. The molecule has 0 spiro atoms. The van der Waals surface area contributed by atoms with Crippen LogP contribution < -0.4 is 0 Å². The molecule has 0 aliphatic heterocycles. The zero-order valence-electron chi connectivity index (χ0n) is 10.7. The van der Waals surface area contributed by atoms with Crippen LogP contribution in [0.3, 0.4) is 0 Å². The average molecular weight is 270 g/mol. The van der Waals surface area contributed by atoms with Crippen molar-refractivity contribution < 1.29 is 18.7 Å². The van der Waals surface area contributed by atoms with Gasteiger partial charge >= 0.3 is 5.97 Å². The number of aryl methyl sites for hydroxylation is 1. The van der Waals surface area contributed by atoms with Crippen LogP contribution >= 0.6 is 0 Å². The quantitative estimate of drug-likeness (QED) is 0.757. The maximum atomic E-state index is 13.7. The fourth-order valence-corrected chi connectivity index (χ4v) is 2.15. The Bertz CT molecular complexity index is 818. The Kier molecular flexibility index (Phi) is 2.79.